The van der Waals surface area contributed by atoms with Crippen molar-refractivity contribution < 1.29 is 19.2 Å². The highest BCUT2D eigenvalue weighted by molar-refractivity contribution is 8.29. The number of thiocarbonyl (C=S) groups is 2. The number of amides is 4. The number of carbonyl (C=O) groups excluding carboxylic acids is 4. The van der Waals surface area contributed by atoms with E-state index in [1.54, 1.807) is 0 Å². The monoisotopic (exact) mass is 700 g/mol. The van der Waals surface area contributed by atoms with Crippen LogP contribution in [0.5, 0.6) is 0 Å². The molecule has 0 unspecified atom stereocenters. The van der Waals surface area contributed by atoms with E-state index in [-0.39, 0.29) is 29.2 Å². The van der Waals surface area contributed by atoms with E-state index in [1.807, 2.05) is 0 Å². The van der Waals surface area contributed by atoms with E-state index in [2.05, 4.69) is 10.6 Å². The first-order valence-corrected chi connectivity index (χ1v) is 20.0. The van der Waals surface area contributed by atoms with Crippen molar-refractivity contribution in [2.24, 2.45) is 41.4 Å². The SMILES string of the molecule is O=C(CCCN1C(=O)/C(=C2\SC(=S)N(CCCC(=O)N[C@@]34C[C@H]5CC[C@H](C3)[C@@H](C5)C4)C2=O)SC1=S)N[C@@H]1C[C@H]2C[C@H]3C[C@@H](C2)[C@@H]1C3. The molecule has 248 valence electrons. The Morgan fingerprint density at radius 1 is 0.717 bits per heavy atom. The lowest BCUT2D eigenvalue weighted by Gasteiger charge is -2.40. The molecule has 8 nitrogen and oxygen atoms in total. The predicted octanol–water partition coefficient (Wildman–Crippen LogP) is 5.50. The Labute approximate surface area is 290 Å². The van der Waals surface area contributed by atoms with Gasteiger partial charge < -0.3 is 10.6 Å². The highest BCUT2D eigenvalue weighted by Gasteiger charge is 2.53. The quantitative estimate of drug-likeness (QED) is 0.228. The number of rotatable bonds is 10. The van der Waals surface area contributed by atoms with Gasteiger partial charge in [0.15, 0.2) is 0 Å². The van der Waals surface area contributed by atoms with Gasteiger partial charge in [-0.25, -0.2) is 0 Å². The second-order valence-electron chi connectivity index (χ2n) is 15.7. The molecular weight excluding hydrogens is 657 g/mol. The molecule has 8 rings (SSSR count). The van der Waals surface area contributed by atoms with Gasteiger partial charge in [0.25, 0.3) is 11.8 Å². The minimum absolute atomic E-state index is 0.0130. The summed E-state index contributed by atoms with van der Waals surface area (Å²) in [6.07, 6.45) is 15.5. The zero-order valence-corrected chi connectivity index (χ0v) is 29.6. The van der Waals surface area contributed by atoms with Gasteiger partial charge in [-0.1, -0.05) is 54.4 Å². The van der Waals surface area contributed by atoms with Crippen molar-refractivity contribution >= 4 is 80.2 Å². The molecule has 9 atom stereocenters. The van der Waals surface area contributed by atoms with Crippen LogP contribution in [0.1, 0.15) is 96.3 Å². The summed E-state index contributed by atoms with van der Waals surface area (Å²) < 4.78 is 0.820. The predicted molar refractivity (Wildman–Crippen MR) is 187 cm³/mol. The Kier molecular flexibility index (Phi) is 8.58. The Bertz CT molecular complexity index is 1410. The third kappa shape index (κ3) is 5.89. The summed E-state index contributed by atoms with van der Waals surface area (Å²) >= 11 is 13.4. The number of carbonyl (C=O) groups is 4. The molecule has 4 amide bonds. The Morgan fingerprint density at radius 2 is 1.33 bits per heavy atom. The molecule has 0 aromatic heterocycles. The third-order valence-corrected chi connectivity index (χ3v) is 15.7. The van der Waals surface area contributed by atoms with Crippen LogP contribution in [0.3, 0.4) is 0 Å². The summed E-state index contributed by atoms with van der Waals surface area (Å²) in [7, 11) is 0. The molecule has 0 aromatic carbocycles. The number of thioether (sulfide) groups is 2. The molecule has 2 aliphatic heterocycles. The second-order valence-corrected chi connectivity index (χ2v) is 19.0. The first-order valence-electron chi connectivity index (χ1n) is 17.6. The second kappa shape index (κ2) is 12.4. The van der Waals surface area contributed by atoms with Gasteiger partial charge in [0.05, 0.1) is 9.81 Å². The molecule has 2 heterocycles. The fourth-order valence-corrected chi connectivity index (χ4v) is 13.9. The fourth-order valence-electron chi connectivity index (χ4n) is 11.1. The molecule has 6 aliphatic carbocycles. The Hall–Kier alpha value is -1.50. The minimum Gasteiger partial charge on any atom is -0.353 e. The summed E-state index contributed by atoms with van der Waals surface area (Å²) in [5.41, 5.74) is -0.0130. The lowest BCUT2D eigenvalue weighted by atomic mass is 9.70. The largest absolute Gasteiger partial charge is 0.353 e. The van der Waals surface area contributed by atoms with E-state index in [1.165, 1.54) is 54.7 Å². The molecule has 46 heavy (non-hydrogen) atoms. The average molecular weight is 701 g/mol. The van der Waals surface area contributed by atoms with Crippen LogP contribution < -0.4 is 10.6 Å². The molecule has 12 heteroatoms. The molecule has 8 aliphatic rings. The molecule has 0 radical (unpaired) electrons. The number of fused-ring (bicyclic) bond motifs is 4. The van der Waals surface area contributed by atoms with Gasteiger partial charge in [-0.15, -0.1) is 0 Å². The number of hydrogen-bond acceptors (Lipinski definition) is 8. The van der Waals surface area contributed by atoms with Crippen molar-refractivity contribution in [2.75, 3.05) is 13.1 Å². The average Bonchev–Trinajstić information content (AvgIpc) is 3.59. The molecular formula is C34H44N4O4S4. The molecule has 8 fully saturated rings. The topological polar surface area (TPSA) is 98.8 Å². The van der Waals surface area contributed by atoms with Crippen molar-refractivity contribution in [2.45, 2.75) is 108 Å². The number of nitrogens with one attached hydrogen (secondary N) is 2. The summed E-state index contributed by atoms with van der Waals surface area (Å²) in [4.78, 5) is 56.4. The lowest BCUT2D eigenvalue weighted by molar-refractivity contribution is -0.125. The first-order chi connectivity index (χ1) is 22.1. The summed E-state index contributed by atoms with van der Waals surface area (Å²) in [5.74, 6) is 4.95. The Balaban J connectivity index is 0.805. The molecule has 2 N–H and O–H groups in total. The van der Waals surface area contributed by atoms with Crippen LogP contribution in [0.2, 0.25) is 0 Å². The van der Waals surface area contributed by atoms with Crippen LogP contribution in [0.15, 0.2) is 9.81 Å². The molecule has 0 spiro atoms. The van der Waals surface area contributed by atoms with Crippen LogP contribution >= 0.6 is 48.0 Å². The number of hydrogen-bond donors (Lipinski definition) is 2. The highest BCUT2D eigenvalue weighted by atomic mass is 32.2. The normalized spacial score (nSPS) is 40.5. The van der Waals surface area contributed by atoms with Crippen LogP contribution in [-0.2, 0) is 19.2 Å². The smallest absolute Gasteiger partial charge is 0.267 e. The van der Waals surface area contributed by atoms with Crippen molar-refractivity contribution in [3.8, 4) is 0 Å². The van der Waals surface area contributed by atoms with Gasteiger partial charge in [-0.2, -0.15) is 0 Å². The van der Waals surface area contributed by atoms with E-state index >= 15 is 0 Å². The van der Waals surface area contributed by atoms with Crippen LogP contribution in [0.25, 0.3) is 0 Å². The molecule has 6 bridgehead atoms. The zero-order chi connectivity index (χ0) is 31.7. The van der Waals surface area contributed by atoms with Gasteiger partial charge in [0, 0.05) is 37.5 Å². The fraction of sp³-hybridized carbons (Fsp3) is 0.765. The summed E-state index contributed by atoms with van der Waals surface area (Å²) in [5, 5.41) is 6.75. The maximum Gasteiger partial charge on any atom is 0.267 e. The van der Waals surface area contributed by atoms with Crippen molar-refractivity contribution in [1.82, 2.24) is 20.4 Å². The van der Waals surface area contributed by atoms with Crippen LogP contribution in [0, 0.1) is 41.4 Å². The van der Waals surface area contributed by atoms with E-state index in [4.69, 9.17) is 24.4 Å². The third-order valence-electron chi connectivity index (χ3n) is 12.7. The van der Waals surface area contributed by atoms with Gasteiger partial charge in [0.1, 0.15) is 8.64 Å². The van der Waals surface area contributed by atoms with Gasteiger partial charge in [-0.3, -0.25) is 29.0 Å². The molecule has 6 saturated carbocycles. The first kappa shape index (κ1) is 31.7. The van der Waals surface area contributed by atoms with Gasteiger partial charge in [-0.05, 0) is 118 Å². The van der Waals surface area contributed by atoms with Gasteiger partial charge in [0.2, 0.25) is 11.8 Å². The van der Waals surface area contributed by atoms with E-state index in [0.717, 1.165) is 84.7 Å². The van der Waals surface area contributed by atoms with E-state index in [9.17, 15) is 19.2 Å². The van der Waals surface area contributed by atoms with Gasteiger partial charge >= 0.3 is 0 Å². The standard InChI is InChI=1S/C34H44N4O4S4/c39-26(35-25-14-20-9-19-11-22(12-20)24(25)13-19)3-1-7-37-30(41)28(45-32(37)43)29-31(42)38(33(44)46-29)8-2-4-27(40)36-34-15-18-5-6-21(16-34)23(10-18)17-34/h18-25H,1-17H2,(H,35,39)(H,36,40)/b29-28+/t18-,19-,20-,21+,22-,23-,24-,25+,34-/m0/s1. The minimum atomic E-state index is -0.285. The zero-order valence-electron chi connectivity index (χ0n) is 26.3. The van der Waals surface area contributed by atoms with Crippen molar-refractivity contribution in [3.63, 3.8) is 0 Å². The molecule has 2 saturated heterocycles. The highest BCUT2D eigenvalue weighted by Crippen LogP contribution is 2.57. The van der Waals surface area contributed by atoms with Crippen LogP contribution in [-0.4, -0.2) is 66.7 Å². The summed E-state index contributed by atoms with van der Waals surface area (Å²) in [6.45, 7) is 0.698. The number of nitrogens with zero attached hydrogens (tertiary/aromatic N) is 2. The lowest BCUT2D eigenvalue weighted by Crippen LogP contribution is -2.49. The van der Waals surface area contributed by atoms with E-state index < -0.39 is 0 Å². The molecule has 0 aromatic rings. The van der Waals surface area contributed by atoms with Crippen molar-refractivity contribution in [1.29, 1.82) is 0 Å². The maximum atomic E-state index is 13.4. The van der Waals surface area contributed by atoms with Crippen molar-refractivity contribution in [3.05, 3.63) is 9.81 Å². The summed E-state index contributed by atoms with van der Waals surface area (Å²) in [6, 6.07) is 0.304. The van der Waals surface area contributed by atoms with Crippen LogP contribution in [0.4, 0.5) is 0 Å². The van der Waals surface area contributed by atoms with E-state index in [0.29, 0.717) is 69.2 Å². The Morgan fingerprint density at radius 3 is 2.02 bits per heavy atom. The maximum absolute atomic E-state index is 13.4.